The Morgan fingerprint density at radius 3 is 2.54 bits per heavy atom. The van der Waals surface area contributed by atoms with Gasteiger partial charge in [0.2, 0.25) is 5.89 Å². The van der Waals surface area contributed by atoms with Gasteiger partial charge in [0.15, 0.2) is 5.82 Å². The Bertz CT molecular complexity index is 675. The number of halogens is 1. The Labute approximate surface area is 140 Å². The first-order valence-electron chi connectivity index (χ1n) is 8.18. The van der Waals surface area contributed by atoms with Crippen molar-refractivity contribution in [2.45, 2.75) is 45.8 Å². The summed E-state index contributed by atoms with van der Waals surface area (Å²) in [6, 6.07) is 1.84. The molecule has 1 fully saturated rings. The van der Waals surface area contributed by atoms with Crippen molar-refractivity contribution in [3.05, 3.63) is 29.3 Å². The first-order valence-corrected chi connectivity index (χ1v) is 8.18. The molecule has 1 aliphatic rings. The molecule has 1 aliphatic heterocycles. The van der Waals surface area contributed by atoms with Crippen LogP contribution in [0.5, 0.6) is 0 Å². The van der Waals surface area contributed by atoms with E-state index in [4.69, 9.17) is 4.52 Å². The van der Waals surface area contributed by atoms with Crippen molar-refractivity contribution in [2.75, 3.05) is 25.0 Å². The predicted molar refractivity (Wildman–Crippen MR) is 87.4 cm³/mol. The number of piperidine rings is 1. The lowest BCUT2D eigenvalue weighted by Gasteiger charge is -2.35. The second-order valence-corrected chi connectivity index (χ2v) is 6.46. The molecule has 130 valence electrons. The van der Waals surface area contributed by atoms with Gasteiger partial charge in [0.05, 0.1) is 13.1 Å². The van der Waals surface area contributed by atoms with Gasteiger partial charge in [-0.25, -0.2) is 14.4 Å². The summed E-state index contributed by atoms with van der Waals surface area (Å²) in [5.41, 5.74) is -0.351. The lowest BCUT2D eigenvalue weighted by Crippen LogP contribution is -2.45. The number of hydrogen-bond acceptors (Lipinski definition) is 7. The van der Waals surface area contributed by atoms with Gasteiger partial charge in [-0.05, 0) is 33.6 Å². The summed E-state index contributed by atoms with van der Waals surface area (Å²) < 4.78 is 20.1. The topological polar surface area (TPSA) is 80.0 Å². The standard InChI is InChI=1S/C16H23FN6O/c1-11-8-14(20-12(2)19-11)18-10-16(17)4-6-23(7-5-16)9-15-21-13(3)22-24-15/h8H,4-7,9-10H2,1-3H3,(H,18,19,20). The maximum Gasteiger partial charge on any atom is 0.240 e. The molecule has 0 atom stereocenters. The molecule has 1 N–H and O–H groups in total. The maximum absolute atomic E-state index is 15.0. The number of likely N-dealkylation sites (tertiary alicyclic amines) is 1. The summed E-state index contributed by atoms with van der Waals surface area (Å²) in [5.74, 6) is 2.58. The highest BCUT2D eigenvalue weighted by Gasteiger charge is 2.34. The van der Waals surface area contributed by atoms with E-state index in [1.807, 2.05) is 19.9 Å². The molecule has 0 radical (unpaired) electrons. The van der Waals surface area contributed by atoms with Crippen LogP contribution in [0.15, 0.2) is 10.6 Å². The normalized spacial score (nSPS) is 17.8. The van der Waals surface area contributed by atoms with E-state index in [1.165, 1.54) is 0 Å². The zero-order valence-electron chi connectivity index (χ0n) is 14.3. The fourth-order valence-electron chi connectivity index (χ4n) is 2.94. The summed E-state index contributed by atoms with van der Waals surface area (Å²) >= 11 is 0. The summed E-state index contributed by atoms with van der Waals surface area (Å²) in [6.45, 7) is 7.70. The van der Waals surface area contributed by atoms with Gasteiger partial charge >= 0.3 is 0 Å². The monoisotopic (exact) mass is 334 g/mol. The molecule has 3 heterocycles. The lowest BCUT2D eigenvalue weighted by atomic mass is 9.93. The Balaban J connectivity index is 1.50. The van der Waals surface area contributed by atoms with Crippen molar-refractivity contribution >= 4 is 5.82 Å². The minimum atomic E-state index is -1.23. The van der Waals surface area contributed by atoms with E-state index in [0.717, 1.165) is 5.69 Å². The molecule has 24 heavy (non-hydrogen) atoms. The maximum atomic E-state index is 15.0. The Morgan fingerprint density at radius 2 is 1.92 bits per heavy atom. The van der Waals surface area contributed by atoms with E-state index >= 15 is 0 Å². The van der Waals surface area contributed by atoms with Crippen LogP contribution in [-0.2, 0) is 6.54 Å². The highest BCUT2D eigenvalue weighted by Crippen LogP contribution is 2.27. The molecule has 7 nitrogen and oxygen atoms in total. The molecular formula is C16H23FN6O. The first-order chi connectivity index (χ1) is 11.4. The summed E-state index contributed by atoms with van der Waals surface area (Å²) in [6.07, 6.45) is 0.937. The summed E-state index contributed by atoms with van der Waals surface area (Å²) in [7, 11) is 0. The third-order valence-corrected chi connectivity index (χ3v) is 4.23. The van der Waals surface area contributed by atoms with Crippen molar-refractivity contribution in [3.8, 4) is 0 Å². The summed E-state index contributed by atoms with van der Waals surface area (Å²) in [4.78, 5) is 14.9. The molecule has 2 aromatic rings. The zero-order chi connectivity index (χ0) is 17.2. The molecule has 3 rings (SSSR count). The van der Waals surface area contributed by atoms with Crippen molar-refractivity contribution in [2.24, 2.45) is 0 Å². The molecule has 0 bridgehead atoms. The zero-order valence-corrected chi connectivity index (χ0v) is 14.3. The van der Waals surface area contributed by atoms with Crippen LogP contribution in [0.1, 0.15) is 36.1 Å². The Morgan fingerprint density at radius 1 is 1.17 bits per heavy atom. The molecule has 2 aromatic heterocycles. The second-order valence-electron chi connectivity index (χ2n) is 6.46. The molecule has 0 aliphatic carbocycles. The Hall–Kier alpha value is -2.09. The van der Waals surface area contributed by atoms with E-state index in [1.54, 1.807) is 6.92 Å². The fraction of sp³-hybridized carbons (Fsp3) is 0.625. The molecule has 0 spiro atoms. The van der Waals surface area contributed by atoms with Gasteiger partial charge < -0.3 is 9.84 Å². The van der Waals surface area contributed by atoms with Gasteiger partial charge in [-0.1, -0.05) is 5.16 Å². The predicted octanol–water partition coefficient (Wildman–Crippen LogP) is 2.20. The highest BCUT2D eigenvalue weighted by molar-refractivity contribution is 5.36. The highest BCUT2D eigenvalue weighted by atomic mass is 19.1. The van der Waals surface area contributed by atoms with Gasteiger partial charge in [-0.15, -0.1) is 0 Å². The quantitative estimate of drug-likeness (QED) is 0.898. The molecule has 1 saturated heterocycles. The van der Waals surface area contributed by atoms with Crippen molar-refractivity contribution < 1.29 is 8.91 Å². The van der Waals surface area contributed by atoms with Crippen molar-refractivity contribution in [1.29, 1.82) is 0 Å². The second kappa shape index (κ2) is 6.80. The first kappa shape index (κ1) is 16.8. The van der Waals surface area contributed by atoms with E-state index in [0.29, 0.717) is 55.8 Å². The van der Waals surface area contributed by atoms with Gasteiger partial charge in [0.1, 0.15) is 17.3 Å². The van der Waals surface area contributed by atoms with Crippen LogP contribution >= 0.6 is 0 Å². The number of aryl methyl sites for hydroxylation is 3. The Kier molecular flexibility index (Phi) is 4.75. The smallest absolute Gasteiger partial charge is 0.240 e. The molecule has 8 heteroatoms. The molecule has 0 unspecified atom stereocenters. The minimum Gasteiger partial charge on any atom is -0.367 e. The number of rotatable bonds is 5. The van der Waals surface area contributed by atoms with Crippen LogP contribution in [0, 0.1) is 20.8 Å². The molecular weight excluding hydrogens is 311 g/mol. The van der Waals surface area contributed by atoms with Crippen LogP contribution in [0.4, 0.5) is 10.2 Å². The minimum absolute atomic E-state index is 0.260. The van der Waals surface area contributed by atoms with Gasteiger partial charge in [0.25, 0.3) is 0 Å². The molecule has 0 aromatic carbocycles. The fourth-order valence-corrected chi connectivity index (χ4v) is 2.94. The third kappa shape index (κ3) is 4.25. The van der Waals surface area contributed by atoms with Gasteiger partial charge in [-0.3, -0.25) is 4.90 Å². The van der Waals surface area contributed by atoms with Gasteiger partial charge in [-0.2, -0.15) is 4.98 Å². The number of nitrogens with one attached hydrogen (secondary N) is 1. The van der Waals surface area contributed by atoms with Crippen molar-refractivity contribution in [3.63, 3.8) is 0 Å². The molecule has 0 saturated carbocycles. The van der Waals surface area contributed by atoms with Crippen LogP contribution in [0.2, 0.25) is 0 Å². The van der Waals surface area contributed by atoms with Crippen LogP contribution < -0.4 is 5.32 Å². The lowest BCUT2D eigenvalue weighted by molar-refractivity contribution is 0.0603. The van der Waals surface area contributed by atoms with Gasteiger partial charge in [0, 0.05) is 24.8 Å². The van der Waals surface area contributed by atoms with Crippen LogP contribution in [0.3, 0.4) is 0 Å². The van der Waals surface area contributed by atoms with Crippen molar-refractivity contribution in [1.82, 2.24) is 25.0 Å². The van der Waals surface area contributed by atoms with Crippen LogP contribution in [-0.4, -0.2) is 50.3 Å². The number of aromatic nitrogens is 4. The largest absolute Gasteiger partial charge is 0.367 e. The van der Waals surface area contributed by atoms with E-state index < -0.39 is 5.67 Å². The molecule has 0 amide bonds. The van der Waals surface area contributed by atoms with Crippen LogP contribution in [0.25, 0.3) is 0 Å². The average Bonchev–Trinajstić information content (AvgIpc) is 2.92. The number of anilines is 1. The van der Waals surface area contributed by atoms with E-state index in [9.17, 15) is 4.39 Å². The summed E-state index contributed by atoms with van der Waals surface area (Å²) in [5, 5.41) is 6.90. The number of alkyl halides is 1. The van der Waals surface area contributed by atoms with E-state index in [2.05, 4.69) is 30.3 Å². The van der Waals surface area contributed by atoms with E-state index in [-0.39, 0.29) is 6.54 Å². The average molecular weight is 334 g/mol. The third-order valence-electron chi connectivity index (χ3n) is 4.23. The number of nitrogens with zero attached hydrogens (tertiary/aromatic N) is 5. The SMILES string of the molecule is Cc1cc(NCC2(F)CCN(Cc3nc(C)no3)CC2)nc(C)n1. The number of hydrogen-bond donors (Lipinski definition) is 1.